The minimum atomic E-state index is -3.38. The van der Waals surface area contributed by atoms with Gasteiger partial charge in [-0.2, -0.15) is 0 Å². The van der Waals surface area contributed by atoms with Crippen LogP contribution in [0.25, 0.3) is 0 Å². The van der Waals surface area contributed by atoms with Crippen molar-refractivity contribution < 1.29 is 8.42 Å². The summed E-state index contributed by atoms with van der Waals surface area (Å²) in [6, 6.07) is 2.79. The highest BCUT2D eigenvalue weighted by Gasteiger charge is 2.10. The number of alkyl halides is 1. The average Bonchev–Trinajstić information content (AvgIpc) is 2.29. The van der Waals surface area contributed by atoms with Gasteiger partial charge in [0.1, 0.15) is 0 Å². The smallest absolute Gasteiger partial charge is 0.250 e. The third kappa shape index (κ3) is 4.40. The molecule has 1 aromatic heterocycles. The van der Waals surface area contributed by atoms with Crippen molar-refractivity contribution in [1.29, 1.82) is 0 Å². The molecule has 1 N–H and O–H groups in total. The molecule has 1 aromatic rings. The number of hydrogen-bond donors (Lipinski definition) is 1. The fraction of sp³-hybridized carbons (Fsp3) is 0.500. The number of anilines is 1. The third-order valence-electron chi connectivity index (χ3n) is 2.14. The Kier molecular flexibility index (Phi) is 5.02. The maximum Gasteiger partial charge on any atom is 0.250 e. The quantitative estimate of drug-likeness (QED) is 0.796. The number of nitrogens with one attached hydrogen (secondary N) is 1. The van der Waals surface area contributed by atoms with Gasteiger partial charge in [-0.05, 0) is 19.4 Å². The molecule has 1 rings (SSSR count). The fourth-order valence-electron chi connectivity index (χ4n) is 1.31. The Labute approximate surface area is 105 Å². The zero-order valence-electron chi connectivity index (χ0n) is 9.52. The average molecular weight is 279 g/mol. The molecule has 0 aliphatic heterocycles. The first kappa shape index (κ1) is 14.1. The van der Waals surface area contributed by atoms with Gasteiger partial charge in [-0.25, -0.2) is 8.42 Å². The molecule has 0 atom stereocenters. The van der Waals surface area contributed by atoms with Crippen molar-refractivity contribution >= 4 is 27.3 Å². The maximum atomic E-state index is 11.6. The number of pyridine rings is 1. The molecule has 7 heteroatoms. The van der Waals surface area contributed by atoms with E-state index in [4.69, 9.17) is 11.6 Å². The van der Waals surface area contributed by atoms with Crippen LogP contribution in [0.5, 0.6) is 0 Å². The highest BCUT2D eigenvalue weighted by Crippen LogP contribution is 2.07. The second-order valence-electron chi connectivity index (χ2n) is 3.51. The van der Waals surface area contributed by atoms with Crippen LogP contribution in [0.4, 0.5) is 5.69 Å². The zero-order valence-corrected chi connectivity index (χ0v) is 11.1. The first-order valence-electron chi connectivity index (χ1n) is 5.25. The Morgan fingerprint density at radius 1 is 1.41 bits per heavy atom. The molecule has 0 saturated heterocycles. The zero-order chi connectivity index (χ0) is 12.9. The summed E-state index contributed by atoms with van der Waals surface area (Å²) in [7, 11) is -3.38. The molecular weight excluding hydrogens is 264 g/mol. The molecule has 17 heavy (non-hydrogen) atoms. The second kappa shape index (κ2) is 6.07. The van der Waals surface area contributed by atoms with E-state index in [1.807, 2.05) is 6.92 Å². The number of aryl methyl sites for hydroxylation is 1. The number of sulfonamides is 1. The summed E-state index contributed by atoms with van der Waals surface area (Å²) in [6.07, 6.45) is 1.88. The number of nitrogens with zero attached hydrogens (tertiary/aromatic N) is 1. The molecule has 96 valence electrons. The molecule has 5 nitrogen and oxygen atoms in total. The summed E-state index contributed by atoms with van der Waals surface area (Å²) >= 11 is 5.44. The largest absolute Gasteiger partial charge is 0.314 e. The first-order valence-corrected chi connectivity index (χ1v) is 7.44. The van der Waals surface area contributed by atoms with Crippen molar-refractivity contribution in [2.75, 3.05) is 16.4 Å². The predicted molar refractivity (Wildman–Crippen MR) is 69.1 cm³/mol. The van der Waals surface area contributed by atoms with Crippen molar-refractivity contribution in [3.8, 4) is 0 Å². The van der Waals surface area contributed by atoms with Gasteiger partial charge in [0.25, 0.3) is 5.56 Å². The molecule has 0 amide bonds. The molecular formula is C10H15ClN2O3S. The lowest BCUT2D eigenvalue weighted by molar-refractivity contribution is 0.600. The number of rotatable bonds is 6. The summed E-state index contributed by atoms with van der Waals surface area (Å²) in [4.78, 5) is 11.3. The normalized spacial score (nSPS) is 11.4. The van der Waals surface area contributed by atoms with Crippen molar-refractivity contribution in [1.82, 2.24) is 4.57 Å². The topological polar surface area (TPSA) is 68.2 Å². The summed E-state index contributed by atoms with van der Waals surface area (Å²) in [5, 5.41) is 0. The lowest BCUT2D eigenvalue weighted by atomic mass is 10.4. The van der Waals surface area contributed by atoms with E-state index < -0.39 is 10.0 Å². The van der Waals surface area contributed by atoms with Gasteiger partial charge in [-0.1, -0.05) is 0 Å². The lowest BCUT2D eigenvalue weighted by Crippen LogP contribution is -2.21. The van der Waals surface area contributed by atoms with E-state index in [1.54, 1.807) is 0 Å². The molecule has 0 aliphatic carbocycles. The van der Waals surface area contributed by atoms with Gasteiger partial charge in [-0.15, -0.1) is 11.6 Å². The Bertz CT molecular complexity index is 525. The lowest BCUT2D eigenvalue weighted by Gasteiger charge is -2.09. The monoisotopic (exact) mass is 278 g/mol. The van der Waals surface area contributed by atoms with E-state index in [0.717, 1.165) is 0 Å². The van der Waals surface area contributed by atoms with Crippen LogP contribution in [-0.4, -0.2) is 24.6 Å². The van der Waals surface area contributed by atoms with Crippen LogP contribution >= 0.6 is 11.6 Å². The minimum Gasteiger partial charge on any atom is -0.314 e. The van der Waals surface area contributed by atoms with E-state index >= 15 is 0 Å². The third-order valence-corrected chi connectivity index (χ3v) is 3.78. The number of halogens is 1. The van der Waals surface area contributed by atoms with Gasteiger partial charge in [0.15, 0.2) is 0 Å². The SMILES string of the molecule is CCn1cc(NS(=O)(=O)CCCCl)ccc1=O. The van der Waals surface area contributed by atoms with Gasteiger partial charge >= 0.3 is 0 Å². The van der Waals surface area contributed by atoms with Gasteiger partial charge in [0.05, 0.1) is 11.4 Å². The fourth-order valence-corrected chi connectivity index (χ4v) is 2.71. The summed E-state index contributed by atoms with van der Waals surface area (Å²) in [5.74, 6) is 0.275. The molecule has 0 spiro atoms. The second-order valence-corrected chi connectivity index (χ2v) is 5.73. The Hall–Kier alpha value is -1.01. The Morgan fingerprint density at radius 3 is 2.71 bits per heavy atom. The van der Waals surface area contributed by atoms with Crippen LogP contribution in [0.15, 0.2) is 23.1 Å². The highest BCUT2D eigenvalue weighted by atomic mass is 35.5. The van der Waals surface area contributed by atoms with E-state index in [-0.39, 0.29) is 11.3 Å². The van der Waals surface area contributed by atoms with Crippen LogP contribution in [0.2, 0.25) is 0 Å². The first-order chi connectivity index (χ1) is 7.98. The predicted octanol–water partition coefficient (Wildman–Crippen LogP) is 1.24. The van der Waals surface area contributed by atoms with E-state index in [0.29, 0.717) is 24.5 Å². The number of aromatic nitrogens is 1. The summed E-state index contributed by atoms with van der Waals surface area (Å²) in [5.41, 5.74) is 0.234. The van der Waals surface area contributed by atoms with Crippen LogP contribution in [0.3, 0.4) is 0 Å². The molecule has 0 radical (unpaired) electrons. The Balaban J connectivity index is 2.85. The molecule has 1 heterocycles. The van der Waals surface area contributed by atoms with Gasteiger partial charge in [0, 0.05) is 24.7 Å². The molecule has 0 aromatic carbocycles. The van der Waals surface area contributed by atoms with Crippen LogP contribution in [0, 0.1) is 0 Å². The van der Waals surface area contributed by atoms with Crippen LogP contribution < -0.4 is 10.3 Å². The summed E-state index contributed by atoms with van der Waals surface area (Å²) < 4.78 is 27.0. The maximum absolute atomic E-state index is 11.6. The Morgan fingerprint density at radius 2 is 2.12 bits per heavy atom. The standard InChI is InChI=1S/C10H15ClN2O3S/c1-2-13-8-9(4-5-10(13)14)12-17(15,16)7-3-6-11/h4-5,8,12H,2-3,6-7H2,1H3. The van der Waals surface area contributed by atoms with Crippen LogP contribution in [-0.2, 0) is 16.6 Å². The van der Waals surface area contributed by atoms with Crippen LogP contribution in [0.1, 0.15) is 13.3 Å². The van der Waals surface area contributed by atoms with E-state index in [2.05, 4.69) is 4.72 Å². The molecule has 0 aliphatic rings. The molecule has 0 unspecified atom stereocenters. The van der Waals surface area contributed by atoms with Crippen molar-refractivity contribution in [2.45, 2.75) is 19.9 Å². The van der Waals surface area contributed by atoms with Gasteiger partial charge < -0.3 is 4.57 Å². The van der Waals surface area contributed by atoms with Crippen molar-refractivity contribution in [3.05, 3.63) is 28.7 Å². The molecule has 0 fully saturated rings. The number of hydrogen-bond acceptors (Lipinski definition) is 3. The highest BCUT2D eigenvalue weighted by molar-refractivity contribution is 7.92. The van der Waals surface area contributed by atoms with Crippen molar-refractivity contribution in [2.24, 2.45) is 0 Å². The minimum absolute atomic E-state index is 0.0260. The van der Waals surface area contributed by atoms with E-state index in [1.165, 1.54) is 22.9 Å². The molecule has 0 saturated carbocycles. The van der Waals surface area contributed by atoms with E-state index in [9.17, 15) is 13.2 Å². The van der Waals surface area contributed by atoms with Crippen molar-refractivity contribution in [3.63, 3.8) is 0 Å². The van der Waals surface area contributed by atoms with Gasteiger partial charge in [-0.3, -0.25) is 9.52 Å². The summed E-state index contributed by atoms with van der Waals surface area (Å²) in [6.45, 7) is 2.31. The molecule has 0 bridgehead atoms. The van der Waals surface area contributed by atoms with Gasteiger partial charge in [0.2, 0.25) is 10.0 Å².